The normalized spacial score (nSPS) is 11.2. The van der Waals surface area contributed by atoms with E-state index in [1.165, 1.54) is 128 Å². The molecule has 0 aliphatic rings. The number of hydrogen-bond acceptors (Lipinski definition) is 1. The van der Waals surface area contributed by atoms with Crippen LogP contribution < -0.4 is 0 Å². The summed E-state index contributed by atoms with van der Waals surface area (Å²) in [6.45, 7) is 4.54. The van der Waals surface area contributed by atoms with Crippen molar-refractivity contribution < 1.29 is 5.02 Å². The summed E-state index contributed by atoms with van der Waals surface area (Å²) >= 11 is 0. The van der Waals surface area contributed by atoms with E-state index >= 15 is 0 Å². The molecule has 0 aliphatic heterocycles. The fraction of sp³-hybridized carbons (Fsp3) is 1.00. The van der Waals surface area contributed by atoms with Gasteiger partial charge in [0.15, 0.2) is 0 Å². The Morgan fingerprint density at radius 3 is 0.885 bits per heavy atom. The Morgan fingerprint density at radius 1 is 0.385 bits per heavy atom. The second kappa shape index (κ2) is 23.1. The number of unbranched alkanes of at least 4 members (excludes halogenated alkanes) is 18. The fourth-order valence-corrected chi connectivity index (χ4v) is 3.88. The third-order valence-corrected chi connectivity index (χ3v) is 5.78. The van der Waals surface area contributed by atoms with E-state index in [9.17, 15) is 5.02 Å². The van der Waals surface area contributed by atoms with Crippen molar-refractivity contribution in [3.63, 3.8) is 0 Å². The van der Waals surface area contributed by atoms with Crippen molar-refractivity contribution in [1.82, 2.24) is 0 Å². The van der Waals surface area contributed by atoms with Crippen molar-refractivity contribution in [2.75, 3.05) is 0 Å². The Morgan fingerprint density at radius 2 is 0.615 bits per heavy atom. The van der Waals surface area contributed by atoms with Crippen LogP contribution in [-0.4, -0.2) is 11.9 Å². The van der Waals surface area contributed by atoms with Crippen LogP contribution in [0.5, 0.6) is 0 Å². The lowest BCUT2D eigenvalue weighted by molar-refractivity contribution is 0.531. The molecule has 0 fully saturated rings. The maximum Gasteiger partial charge on any atom is 0.288 e. The monoisotopic (exact) mass is 366 g/mol. The first kappa shape index (κ1) is 26.0. The van der Waals surface area contributed by atoms with Crippen LogP contribution in [0.25, 0.3) is 0 Å². The van der Waals surface area contributed by atoms with Crippen LogP contribution >= 0.6 is 0 Å². The van der Waals surface area contributed by atoms with Crippen LogP contribution in [0.1, 0.15) is 142 Å². The molecule has 0 saturated heterocycles. The molecule has 0 amide bonds. The Kier molecular flexibility index (Phi) is 23.1. The molecule has 156 valence electrons. The minimum absolute atomic E-state index is 0.0295. The first-order chi connectivity index (χ1) is 12.8. The van der Waals surface area contributed by atoms with Crippen molar-refractivity contribution >= 4 is 6.92 Å². The van der Waals surface area contributed by atoms with Crippen LogP contribution in [-0.2, 0) is 0 Å². The van der Waals surface area contributed by atoms with Gasteiger partial charge in [0.25, 0.3) is 6.92 Å². The molecule has 0 aromatic carbocycles. The third-order valence-electron chi connectivity index (χ3n) is 5.78. The second-order valence-electron chi connectivity index (χ2n) is 8.60. The van der Waals surface area contributed by atoms with Gasteiger partial charge in [0, 0.05) is 0 Å². The topological polar surface area (TPSA) is 20.2 Å². The maximum absolute atomic E-state index is 10.1. The predicted octanol–water partition coefficient (Wildman–Crippen LogP) is 8.81. The highest BCUT2D eigenvalue weighted by molar-refractivity contribution is 6.50. The Labute approximate surface area is 167 Å². The molecule has 1 nitrogen and oxygen atoms in total. The van der Waals surface area contributed by atoms with E-state index in [0.717, 1.165) is 12.6 Å². The van der Waals surface area contributed by atoms with E-state index in [1.807, 2.05) is 0 Å². The van der Waals surface area contributed by atoms with Gasteiger partial charge < -0.3 is 5.02 Å². The van der Waals surface area contributed by atoms with Gasteiger partial charge in [0.05, 0.1) is 0 Å². The predicted molar refractivity (Wildman–Crippen MR) is 121 cm³/mol. The molecule has 0 atom stereocenters. The molecule has 0 aliphatic carbocycles. The molecule has 0 unspecified atom stereocenters. The van der Waals surface area contributed by atoms with Gasteiger partial charge in [0.1, 0.15) is 0 Å². The van der Waals surface area contributed by atoms with E-state index in [-0.39, 0.29) is 6.92 Å². The van der Waals surface area contributed by atoms with Crippen LogP contribution in [0, 0.1) is 0 Å². The summed E-state index contributed by atoms with van der Waals surface area (Å²) in [6.07, 6.45) is 29.7. The first-order valence-electron chi connectivity index (χ1n) is 12.5. The highest BCUT2D eigenvalue weighted by Gasteiger charge is 2.09. The van der Waals surface area contributed by atoms with Gasteiger partial charge in [-0.05, 0) is 12.6 Å². The zero-order valence-corrected chi connectivity index (χ0v) is 18.6. The summed E-state index contributed by atoms with van der Waals surface area (Å²) in [7, 11) is 0. The molecule has 0 saturated carbocycles. The van der Waals surface area contributed by atoms with Crippen molar-refractivity contribution in [2.45, 2.75) is 155 Å². The third kappa shape index (κ3) is 22.1. The lowest BCUT2D eigenvalue weighted by Gasteiger charge is -2.07. The van der Waals surface area contributed by atoms with Gasteiger partial charge in [-0.25, -0.2) is 0 Å². The molecule has 26 heavy (non-hydrogen) atoms. The number of rotatable bonds is 22. The first-order valence-corrected chi connectivity index (χ1v) is 12.5. The average Bonchev–Trinajstić information content (AvgIpc) is 2.64. The lowest BCUT2D eigenvalue weighted by atomic mass is 9.60. The average molecular weight is 366 g/mol. The van der Waals surface area contributed by atoms with Gasteiger partial charge in [-0.2, -0.15) is 0 Å². The van der Waals surface area contributed by atoms with Gasteiger partial charge >= 0.3 is 0 Å². The van der Waals surface area contributed by atoms with Crippen LogP contribution in [0.2, 0.25) is 12.6 Å². The summed E-state index contributed by atoms with van der Waals surface area (Å²) in [6, 6.07) is 0. The summed E-state index contributed by atoms with van der Waals surface area (Å²) in [5.41, 5.74) is 0. The van der Waals surface area contributed by atoms with Gasteiger partial charge in [0.2, 0.25) is 0 Å². The van der Waals surface area contributed by atoms with Crippen LogP contribution in [0.3, 0.4) is 0 Å². The molecule has 0 bridgehead atoms. The maximum atomic E-state index is 10.1. The molecule has 0 spiro atoms. The van der Waals surface area contributed by atoms with E-state index < -0.39 is 0 Å². The van der Waals surface area contributed by atoms with Gasteiger partial charge in [-0.3, -0.25) is 0 Å². The summed E-state index contributed by atoms with van der Waals surface area (Å²) < 4.78 is 0. The van der Waals surface area contributed by atoms with Gasteiger partial charge in [-0.15, -0.1) is 0 Å². The molecule has 0 aromatic heterocycles. The Balaban J connectivity index is 3.12. The fourth-order valence-electron chi connectivity index (χ4n) is 3.88. The van der Waals surface area contributed by atoms with E-state index in [1.54, 1.807) is 0 Å². The minimum Gasteiger partial charge on any atom is -0.450 e. The smallest absolute Gasteiger partial charge is 0.288 e. The van der Waals surface area contributed by atoms with E-state index in [2.05, 4.69) is 13.8 Å². The molecule has 2 heteroatoms. The highest BCUT2D eigenvalue weighted by Crippen LogP contribution is 2.15. The SMILES string of the molecule is CCCCCCCCCCCCB(O)CCCCCCCCCCCC. The van der Waals surface area contributed by atoms with Crippen molar-refractivity contribution in [3.05, 3.63) is 0 Å². The van der Waals surface area contributed by atoms with Gasteiger partial charge in [-0.1, -0.05) is 142 Å². The van der Waals surface area contributed by atoms with Crippen molar-refractivity contribution in [2.24, 2.45) is 0 Å². The largest absolute Gasteiger partial charge is 0.450 e. The molecule has 0 aromatic rings. The molecular formula is C24H51BO. The minimum atomic E-state index is -0.0295. The van der Waals surface area contributed by atoms with Crippen molar-refractivity contribution in [3.8, 4) is 0 Å². The highest BCUT2D eigenvalue weighted by atomic mass is 16.2. The molecule has 0 radical (unpaired) electrons. The zero-order chi connectivity index (χ0) is 19.1. The molecule has 1 N–H and O–H groups in total. The van der Waals surface area contributed by atoms with Crippen LogP contribution in [0.4, 0.5) is 0 Å². The Hall–Kier alpha value is 0.0249. The summed E-state index contributed by atoms with van der Waals surface area (Å²) in [4.78, 5) is 0. The zero-order valence-electron chi connectivity index (χ0n) is 18.6. The molecule has 0 rings (SSSR count). The van der Waals surface area contributed by atoms with E-state index in [4.69, 9.17) is 0 Å². The molecule has 0 heterocycles. The second-order valence-corrected chi connectivity index (χ2v) is 8.60. The standard InChI is InChI=1S/C24H51BO/c1-3-5-7-9-11-13-15-17-19-21-23-25(26)24-22-20-18-16-14-12-10-8-6-4-2/h26H,3-24H2,1-2H3. The molecular weight excluding hydrogens is 315 g/mol. The summed E-state index contributed by atoms with van der Waals surface area (Å²) in [5, 5.41) is 10.1. The lowest BCUT2D eigenvalue weighted by Crippen LogP contribution is -2.10. The van der Waals surface area contributed by atoms with E-state index in [0.29, 0.717) is 0 Å². The van der Waals surface area contributed by atoms with Crippen LogP contribution in [0.15, 0.2) is 0 Å². The quantitative estimate of drug-likeness (QED) is 0.150. The van der Waals surface area contributed by atoms with Crippen molar-refractivity contribution in [1.29, 1.82) is 0 Å². The number of hydrogen-bond donors (Lipinski definition) is 1. The summed E-state index contributed by atoms with van der Waals surface area (Å²) in [5.74, 6) is 0. The Bertz CT molecular complexity index is 220.